The molecule has 2 aromatic rings. The zero-order valence-corrected chi connectivity index (χ0v) is 12.7. The van der Waals surface area contributed by atoms with E-state index >= 15 is 0 Å². The molecule has 1 aromatic heterocycles. The number of piperazine rings is 1. The number of likely N-dealkylation sites (N-methyl/N-ethyl adjacent to an activating group) is 1. The maximum Gasteiger partial charge on any atom is 0.240 e. The zero-order valence-electron chi connectivity index (χ0n) is 12.7. The molecule has 0 spiro atoms. The van der Waals surface area contributed by atoms with Crippen molar-refractivity contribution < 1.29 is 4.79 Å². The minimum Gasteiger partial charge on any atom is -0.367 e. The number of aromatic nitrogens is 2. The van der Waals surface area contributed by atoms with Gasteiger partial charge in [-0.25, -0.2) is 9.97 Å². The first kappa shape index (κ1) is 14.3. The Hall–Kier alpha value is -2.69. The van der Waals surface area contributed by atoms with Crippen LogP contribution in [-0.2, 0) is 10.3 Å². The van der Waals surface area contributed by atoms with Gasteiger partial charge in [0, 0.05) is 30.7 Å². The smallest absolute Gasteiger partial charge is 0.240 e. The number of nitrogens with one attached hydrogen (secondary N) is 1. The van der Waals surface area contributed by atoms with Gasteiger partial charge in [-0.3, -0.25) is 4.79 Å². The number of amides is 1. The van der Waals surface area contributed by atoms with Crippen LogP contribution < -0.4 is 5.32 Å². The van der Waals surface area contributed by atoms with Crippen molar-refractivity contribution >= 4 is 5.91 Å². The largest absolute Gasteiger partial charge is 0.367 e. The summed E-state index contributed by atoms with van der Waals surface area (Å²) in [5, 5.41) is 3.06. The van der Waals surface area contributed by atoms with E-state index in [9.17, 15) is 4.79 Å². The molecule has 3 rings (SSSR count). The molecule has 1 fully saturated rings. The second kappa shape index (κ2) is 5.26. The van der Waals surface area contributed by atoms with Gasteiger partial charge in [0.05, 0.1) is 6.54 Å². The molecule has 0 aliphatic carbocycles. The summed E-state index contributed by atoms with van der Waals surface area (Å²) in [7, 11) is 1.88. The van der Waals surface area contributed by atoms with Crippen LogP contribution in [-0.4, -0.2) is 34.4 Å². The number of rotatable bonds is 2. The highest BCUT2D eigenvalue weighted by atomic mass is 16.2. The normalized spacial score (nSPS) is 21.6. The summed E-state index contributed by atoms with van der Waals surface area (Å²) in [6.07, 6.45) is 5.05. The standard InChI is InChI=1S/C17H18N4O/c1-12-17(2,20-16(22)10-21(12)3)15-6-4-5-13(7-15)14-8-18-11-19-9-14/h4-9,11H,1,10H2,2-3H3,(H,20,22). The highest BCUT2D eigenvalue weighted by Crippen LogP contribution is 2.34. The molecule has 2 heterocycles. The summed E-state index contributed by atoms with van der Waals surface area (Å²) in [5.41, 5.74) is 3.19. The van der Waals surface area contributed by atoms with E-state index in [1.54, 1.807) is 12.4 Å². The van der Waals surface area contributed by atoms with Crippen LogP contribution in [0.25, 0.3) is 11.1 Å². The van der Waals surface area contributed by atoms with Gasteiger partial charge in [-0.05, 0) is 24.1 Å². The van der Waals surface area contributed by atoms with Crippen molar-refractivity contribution in [2.24, 2.45) is 0 Å². The van der Waals surface area contributed by atoms with Gasteiger partial charge < -0.3 is 10.2 Å². The third-order valence-corrected chi connectivity index (χ3v) is 4.14. The molecule has 112 valence electrons. The molecule has 1 amide bonds. The molecular formula is C17H18N4O. The van der Waals surface area contributed by atoms with Crippen molar-refractivity contribution in [1.29, 1.82) is 0 Å². The number of carbonyl (C=O) groups excluding carboxylic acids is 1. The van der Waals surface area contributed by atoms with E-state index in [1.165, 1.54) is 6.33 Å². The summed E-state index contributed by atoms with van der Waals surface area (Å²) < 4.78 is 0. The quantitative estimate of drug-likeness (QED) is 0.919. The summed E-state index contributed by atoms with van der Waals surface area (Å²) in [6, 6.07) is 8.01. The summed E-state index contributed by atoms with van der Waals surface area (Å²) >= 11 is 0. The third kappa shape index (κ3) is 2.35. The Morgan fingerprint density at radius 3 is 2.73 bits per heavy atom. The average Bonchev–Trinajstić information content (AvgIpc) is 2.53. The molecule has 1 unspecified atom stereocenters. The maximum atomic E-state index is 11.9. The molecule has 1 aliphatic rings. The molecule has 5 heteroatoms. The molecule has 0 radical (unpaired) electrons. The predicted octanol–water partition coefficient (Wildman–Crippen LogP) is 1.93. The van der Waals surface area contributed by atoms with E-state index in [-0.39, 0.29) is 5.91 Å². The van der Waals surface area contributed by atoms with Crippen LogP contribution in [0.15, 0.2) is 55.3 Å². The topological polar surface area (TPSA) is 58.1 Å². The van der Waals surface area contributed by atoms with Crippen LogP contribution >= 0.6 is 0 Å². The van der Waals surface area contributed by atoms with Gasteiger partial charge in [-0.2, -0.15) is 0 Å². The molecule has 1 aliphatic heterocycles. The average molecular weight is 294 g/mol. The highest BCUT2D eigenvalue weighted by Gasteiger charge is 2.38. The number of hydrogen-bond acceptors (Lipinski definition) is 4. The van der Waals surface area contributed by atoms with Crippen LogP contribution in [0.2, 0.25) is 0 Å². The lowest BCUT2D eigenvalue weighted by Crippen LogP contribution is -2.56. The number of carbonyl (C=O) groups is 1. The van der Waals surface area contributed by atoms with E-state index < -0.39 is 5.54 Å². The molecular weight excluding hydrogens is 276 g/mol. The fourth-order valence-corrected chi connectivity index (χ4v) is 2.78. The lowest BCUT2D eigenvalue weighted by atomic mass is 9.85. The van der Waals surface area contributed by atoms with Crippen molar-refractivity contribution in [3.63, 3.8) is 0 Å². The van der Waals surface area contributed by atoms with Crippen LogP contribution in [0, 0.1) is 0 Å². The van der Waals surface area contributed by atoms with Crippen molar-refractivity contribution in [2.45, 2.75) is 12.5 Å². The molecule has 0 saturated carbocycles. The Morgan fingerprint density at radius 1 is 1.27 bits per heavy atom. The Balaban J connectivity index is 2.05. The Labute approximate surface area is 129 Å². The van der Waals surface area contributed by atoms with Crippen molar-refractivity contribution in [2.75, 3.05) is 13.6 Å². The second-order valence-corrected chi connectivity index (χ2v) is 5.68. The lowest BCUT2D eigenvalue weighted by Gasteiger charge is -2.42. The van der Waals surface area contributed by atoms with Crippen molar-refractivity contribution in [3.05, 3.63) is 60.8 Å². The summed E-state index contributed by atoms with van der Waals surface area (Å²) in [5.74, 6) is -0.00847. The lowest BCUT2D eigenvalue weighted by molar-refractivity contribution is -0.125. The zero-order chi connectivity index (χ0) is 15.7. The van der Waals surface area contributed by atoms with Gasteiger partial charge in [-0.15, -0.1) is 0 Å². The van der Waals surface area contributed by atoms with Crippen LogP contribution in [0.4, 0.5) is 0 Å². The monoisotopic (exact) mass is 294 g/mol. The van der Waals surface area contributed by atoms with Crippen LogP contribution in [0.3, 0.4) is 0 Å². The van der Waals surface area contributed by atoms with Crippen LogP contribution in [0.5, 0.6) is 0 Å². The van der Waals surface area contributed by atoms with E-state index in [2.05, 4.69) is 21.9 Å². The van der Waals surface area contributed by atoms with Gasteiger partial charge in [0.2, 0.25) is 5.91 Å². The summed E-state index contributed by atoms with van der Waals surface area (Å²) in [6.45, 7) is 6.46. The first-order valence-electron chi connectivity index (χ1n) is 7.08. The number of benzene rings is 1. The highest BCUT2D eigenvalue weighted by molar-refractivity contribution is 5.81. The van der Waals surface area contributed by atoms with Crippen molar-refractivity contribution in [1.82, 2.24) is 20.2 Å². The first-order valence-corrected chi connectivity index (χ1v) is 7.08. The Bertz CT molecular complexity index is 728. The van der Waals surface area contributed by atoms with Gasteiger partial charge >= 0.3 is 0 Å². The molecule has 22 heavy (non-hydrogen) atoms. The van der Waals surface area contributed by atoms with E-state index in [0.717, 1.165) is 22.4 Å². The number of hydrogen-bond donors (Lipinski definition) is 1. The van der Waals surface area contributed by atoms with E-state index in [4.69, 9.17) is 0 Å². The van der Waals surface area contributed by atoms with Gasteiger partial charge in [-0.1, -0.05) is 24.8 Å². The van der Waals surface area contributed by atoms with Gasteiger partial charge in [0.1, 0.15) is 11.9 Å². The molecule has 1 N–H and O–H groups in total. The first-order chi connectivity index (χ1) is 10.5. The third-order valence-electron chi connectivity index (χ3n) is 4.14. The fourth-order valence-electron chi connectivity index (χ4n) is 2.78. The molecule has 5 nitrogen and oxygen atoms in total. The fraction of sp³-hybridized carbons (Fsp3) is 0.235. The predicted molar refractivity (Wildman–Crippen MR) is 84.7 cm³/mol. The molecule has 1 aromatic carbocycles. The maximum absolute atomic E-state index is 11.9. The Morgan fingerprint density at radius 2 is 2.00 bits per heavy atom. The molecule has 1 saturated heterocycles. The minimum atomic E-state index is -0.615. The Kier molecular flexibility index (Phi) is 3.41. The summed E-state index contributed by atoms with van der Waals surface area (Å²) in [4.78, 5) is 21.9. The number of nitrogens with zero attached hydrogens (tertiary/aromatic N) is 3. The van der Waals surface area contributed by atoms with E-state index in [1.807, 2.05) is 43.1 Å². The minimum absolute atomic E-state index is 0.00847. The van der Waals surface area contributed by atoms with Crippen LogP contribution in [0.1, 0.15) is 12.5 Å². The molecule has 1 atom stereocenters. The SMILES string of the molecule is C=C1N(C)CC(=O)NC1(C)c1cccc(-c2cncnc2)c1. The second-order valence-electron chi connectivity index (χ2n) is 5.68. The molecule has 0 bridgehead atoms. The van der Waals surface area contributed by atoms with Gasteiger partial charge in [0.25, 0.3) is 0 Å². The van der Waals surface area contributed by atoms with Gasteiger partial charge in [0.15, 0.2) is 0 Å². The van der Waals surface area contributed by atoms with E-state index in [0.29, 0.717) is 6.54 Å². The van der Waals surface area contributed by atoms with Crippen molar-refractivity contribution in [3.8, 4) is 11.1 Å².